The Morgan fingerprint density at radius 2 is 1.93 bits per heavy atom. The Labute approximate surface area is 160 Å². The number of amides is 1. The molecule has 5 nitrogen and oxygen atoms in total. The molecule has 1 aromatic rings. The number of pyridine rings is 1. The number of aryl methyl sites for hydroxylation is 1. The number of aromatic nitrogens is 1. The van der Waals surface area contributed by atoms with E-state index in [1.165, 1.54) is 0 Å². The van der Waals surface area contributed by atoms with Gasteiger partial charge in [0, 0.05) is 36.6 Å². The Balaban J connectivity index is 2.47. The Morgan fingerprint density at radius 1 is 1.25 bits per heavy atom. The monoisotopic (exact) mass is 409 g/mol. The number of allylic oxidation sites excluding steroid dienone is 1. The second kappa shape index (κ2) is 10.2. The molecule has 1 heterocycles. The van der Waals surface area contributed by atoms with E-state index in [4.69, 9.17) is 4.74 Å². The number of carbonyl (C=O) groups excluding carboxylic acids is 1. The molecular formula is C18H24F5N3O2. The molecule has 158 valence electrons. The molecule has 1 amide bonds. The van der Waals surface area contributed by atoms with Gasteiger partial charge in [0.2, 0.25) is 11.8 Å². The summed E-state index contributed by atoms with van der Waals surface area (Å²) in [6, 6.07) is 3.43. The zero-order valence-electron chi connectivity index (χ0n) is 15.9. The van der Waals surface area contributed by atoms with Crippen LogP contribution in [0.5, 0.6) is 5.88 Å². The minimum Gasteiger partial charge on any atom is -0.477 e. The summed E-state index contributed by atoms with van der Waals surface area (Å²) in [5.74, 6) is -5.27. The summed E-state index contributed by atoms with van der Waals surface area (Å²) in [4.78, 5) is 15.6. The van der Waals surface area contributed by atoms with Gasteiger partial charge in [0.15, 0.2) is 0 Å². The van der Waals surface area contributed by atoms with Crippen LogP contribution in [0.4, 0.5) is 27.6 Å². The molecule has 0 aliphatic heterocycles. The van der Waals surface area contributed by atoms with Crippen molar-refractivity contribution in [3.8, 4) is 5.88 Å². The lowest BCUT2D eigenvalue weighted by Gasteiger charge is -2.15. The largest absolute Gasteiger partial charge is 0.477 e. The highest BCUT2D eigenvalue weighted by Crippen LogP contribution is 2.36. The molecular weight excluding hydrogens is 385 g/mol. The first-order valence-corrected chi connectivity index (χ1v) is 8.71. The van der Waals surface area contributed by atoms with Gasteiger partial charge in [-0.05, 0) is 25.0 Å². The van der Waals surface area contributed by atoms with Gasteiger partial charge in [0.25, 0.3) is 0 Å². The third-order valence-corrected chi connectivity index (χ3v) is 3.72. The van der Waals surface area contributed by atoms with E-state index in [2.05, 4.69) is 29.5 Å². The average Bonchev–Trinajstić information content (AvgIpc) is 2.60. The van der Waals surface area contributed by atoms with Gasteiger partial charge in [-0.2, -0.15) is 22.0 Å². The van der Waals surface area contributed by atoms with Crippen molar-refractivity contribution in [2.24, 2.45) is 5.92 Å². The van der Waals surface area contributed by atoms with Crippen molar-refractivity contribution in [3.05, 3.63) is 30.0 Å². The minimum atomic E-state index is -5.74. The molecule has 1 unspecified atom stereocenters. The smallest absolute Gasteiger partial charge is 0.457 e. The normalized spacial score (nSPS) is 13.4. The average molecular weight is 409 g/mol. The van der Waals surface area contributed by atoms with E-state index in [1.807, 2.05) is 0 Å². The number of carbonyl (C=O) groups is 1. The summed E-state index contributed by atoms with van der Waals surface area (Å²) in [5, 5.41) is 5.21. The molecule has 0 fully saturated rings. The second-order valence-corrected chi connectivity index (χ2v) is 6.33. The lowest BCUT2D eigenvalue weighted by atomic mass is 10.1. The fraction of sp³-hybridized carbons (Fsp3) is 0.556. The number of hydrogen-bond acceptors (Lipinski definition) is 4. The third kappa shape index (κ3) is 8.10. The molecule has 0 aromatic carbocycles. The second-order valence-electron chi connectivity index (χ2n) is 6.33. The Hall–Kier alpha value is -2.39. The van der Waals surface area contributed by atoms with E-state index in [0.29, 0.717) is 29.8 Å². The van der Waals surface area contributed by atoms with E-state index in [1.54, 1.807) is 19.1 Å². The number of ether oxygens (including phenoxy) is 1. The fourth-order valence-electron chi connectivity index (χ4n) is 1.89. The predicted octanol–water partition coefficient (Wildman–Crippen LogP) is 4.10. The molecule has 1 atom stereocenters. The van der Waals surface area contributed by atoms with Crippen molar-refractivity contribution in [2.45, 2.75) is 39.3 Å². The van der Waals surface area contributed by atoms with Crippen molar-refractivity contribution in [3.63, 3.8) is 0 Å². The fourth-order valence-corrected chi connectivity index (χ4v) is 1.89. The van der Waals surface area contributed by atoms with Crippen LogP contribution in [0.3, 0.4) is 0 Å². The Morgan fingerprint density at radius 3 is 2.54 bits per heavy atom. The number of nitrogens with zero attached hydrogens (tertiary/aromatic N) is 1. The van der Waals surface area contributed by atoms with Crippen molar-refractivity contribution in [1.29, 1.82) is 0 Å². The minimum absolute atomic E-state index is 0.0190. The summed E-state index contributed by atoms with van der Waals surface area (Å²) in [6.07, 6.45) is -5.06. The standard InChI is InChI=1S/C18H24F5N3O2/c1-4-12(2)11-28-16-10-14(9-13(3)26-16)24-7-8-25-15(27)5-6-17(19,20)18(21,22)23/h5-6,9-10,12H,4,7-8,11H2,1-3H3,(H,24,26)(H,25,27)/b6-5+. The van der Waals surface area contributed by atoms with E-state index < -0.39 is 24.1 Å². The summed E-state index contributed by atoms with van der Waals surface area (Å²) in [6.45, 7) is 6.66. The molecule has 0 radical (unpaired) electrons. The van der Waals surface area contributed by atoms with Crippen molar-refractivity contribution in [1.82, 2.24) is 10.3 Å². The zero-order chi connectivity index (χ0) is 21.4. The highest BCUT2D eigenvalue weighted by Gasteiger charge is 2.55. The molecule has 10 heteroatoms. The highest BCUT2D eigenvalue weighted by molar-refractivity contribution is 5.87. The maximum atomic E-state index is 12.7. The summed E-state index contributed by atoms with van der Waals surface area (Å²) in [7, 11) is 0. The van der Waals surface area contributed by atoms with Crippen molar-refractivity contribution >= 4 is 11.6 Å². The van der Waals surface area contributed by atoms with Gasteiger partial charge in [-0.1, -0.05) is 20.3 Å². The van der Waals surface area contributed by atoms with Crippen LogP contribution in [0.25, 0.3) is 0 Å². The third-order valence-electron chi connectivity index (χ3n) is 3.72. The van der Waals surface area contributed by atoms with Crippen LogP contribution in [0, 0.1) is 12.8 Å². The van der Waals surface area contributed by atoms with Crippen LogP contribution < -0.4 is 15.4 Å². The first-order chi connectivity index (χ1) is 12.9. The molecule has 0 spiro atoms. The van der Waals surface area contributed by atoms with E-state index >= 15 is 0 Å². The molecule has 1 aromatic heterocycles. The molecule has 0 saturated carbocycles. The van der Waals surface area contributed by atoms with E-state index in [-0.39, 0.29) is 19.2 Å². The summed E-state index contributed by atoms with van der Waals surface area (Å²) >= 11 is 0. The number of anilines is 1. The van der Waals surface area contributed by atoms with Gasteiger partial charge in [0.05, 0.1) is 6.61 Å². The molecule has 0 saturated heterocycles. The van der Waals surface area contributed by atoms with Crippen LogP contribution in [0.2, 0.25) is 0 Å². The SMILES string of the molecule is CCC(C)COc1cc(NCCNC(=O)/C=C/C(F)(F)C(F)(F)F)cc(C)n1. The number of hydrogen-bond donors (Lipinski definition) is 2. The van der Waals surface area contributed by atoms with Crippen LogP contribution >= 0.6 is 0 Å². The quantitative estimate of drug-likeness (QED) is 0.347. The van der Waals surface area contributed by atoms with Gasteiger partial charge in [-0.3, -0.25) is 4.79 Å². The van der Waals surface area contributed by atoms with Crippen LogP contribution in [0.1, 0.15) is 26.0 Å². The van der Waals surface area contributed by atoms with Gasteiger partial charge >= 0.3 is 12.1 Å². The van der Waals surface area contributed by atoms with Crippen LogP contribution in [0.15, 0.2) is 24.3 Å². The number of rotatable bonds is 10. The predicted molar refractivity (Wildman–Crippen MR) is 95.6 cm³/mol. The summed E-state index contributed by atoms with van der Waals surface area (Å²) in [5.41, 5.74) is 1.39. The summed E-state index contributed by atoms with van der Waals surface area (Å²) < 4.78 is 67.0. The maximum Gasteiger partial charge on any atom is 0.457 e. The number of alkyl halides is 5. The lowest BCUT2D eigenvalue weighted by molar-refractivity contribution is -0.259. The van der Waals surface area contributed by atoms with Crippen LogP contribution in [-0.2, 0) is 4.79 Å². The van der Waals surface area contributed by atoms with Gasteiger partial charge in [-0.25, -0.2) is 4.98 Å². The lowest BCUT2D eigenvalue weighted by Crippen LogP contribution is -2.35. The van der Waals surface area contributed by atoms with Crippen LogP contribution in [-0.4, -0.2) is 42.7 Å². The molecule has 0 bridgehead atoms. The Bertz CT molecular complexity index is 678. The molecule has 0 aliphatic carbocycles. The van der Waals surface area contributed by atoms with E-state index in [9.17, 15) is 26.7 Å². The number of halogens is 5. The first-order valence-electron chi connectivity index (χ1n) is 8.71. The zero-order valence-corrected chi connectivity index (χ0v) is 15.9. The van der Waals surface area contributed by atoms with Gasteiger partial charge in [0.1, 0.15) is 0 Å². The number of nitrogens with one attached hydrogen (secondary N) is 2. The maximum absolute atomic E-state index is 12.7. The molecule has 28 heavy (non-hydrogen) atoms. The first kappa shape index (κ1) is 23.6. The van der Waals surface area contributed by atoms with Crippen molar-refractivity contribution in [2.75, 3.05) is 25.0 Å². The Kier molecular flexibility index (Phi) is 8.64. The molecule has 0 aliphatic rings. The highest BCUT2D eigenvalue weighted by atomic mass is 19.4. The van der Waals surface area contributed by atoms with E-state index in [0.717, 1.165) is 6.42 Å². The van der Waals surface area contributed by atoms with Gasteiger partial charge in [-0.15, -0.1) is 0 Å². The topological polar surface area (TPSA) is 63.2 Å². The van der Waals surface area contributed by atoms with Crippen molar-refractivity contribution < 1.29 is 31.5 Å². The van der Waals surface area contributed by atoms with Gasteiger partial charge < -0.3 is 15.4 Å². The molecule has 1 rings (SSSR count). The molecule has 2 N–H and O–H groups in total.